The van der Waals surface area contributed by atoms with Crippen molar-refractivity contribution in [2.75, 3.05) is 11.9 Å². The summed E-state index contributed by atoms with van der Waals surface area (Å²) in [5.41, 5.74) is 10.7. The SMILES string of the molecule is Cc1cccc(-c2ccc(-c3cc4cnc(NCC(C)C)nc4n([C@H]4CC[C@H](N)CC4)c3=O)c(Cl)c2)n1. The Morgan fingerprint density at radius 2 is 1.86 bits per heavy atom. The van der Waals surface area contributed by atoms with Crippen molar-refractivity contribution < 1.29 is 0 Å². The Kier molecular flexibility index (Phi) is 7.26. The standard InChI is InChI=1S/C29H33ClN6O/c1-17(2)15-32-29-33-16-20-13-24(28(37)36(27(20)35-29)22-10-8-21(31)9-11-22)23-12-7-19(14-25(23)30)26-6-4-5-18(3)34-26/h4-7,12-14,16-17,21-22H,8-11,15,31H2,1-3H3,(H,32,33,35)/t21-,22-. The Bertz CT molecular complexity index is 1490. The highest BCUT2D eigenvalue weighted by molar-refractivity contribution is 6.33. The molecule has 0 bridgehead atoms. The number of benzene rings is 1. The lowest BCUT2D eigenvalue weighted by Crippen LogP contribution is -2.33. The lowest BCUT2D eigenvalue weighted by Gasteiger charge is -2.29. The van der Waals surface area contributed by atoms with E-state index in [0.29, 0.717) is 33.7 Å². The van der Waals surface area contributed by atoms with Gasteiger partial charge in [-0.15, -0.1) is 0 Å². The van der Waals surface area contributed by atoms with Gasteiger partial charge in [-0.2, -0.15) is 4.98 Å². The van der Waals surface area contributed by atoms with Gasteiger partial charge in [0.25, 0.3) is 5.56 Å². The van der Waals surface area contributed by atoms with Gasteiger partial charge in [-0.25, -0.2) is 4.98 Å². The Morgan fingerprint density at radius 3 is 2.57 bits per heavy atom. The Morgan fingerprint density at radius 1 is 1.08 bits per heavy atom. The number of nitrogens with one attached hydrogen (secondary N) is 1. The number of nitrogens with zero attached hydrogens (tertiary/aromatic N) is 4. The average Bonchev–Trinajstić information content (AvgIpc) is 2.88. The molecule has 5 rings (SSSR count). The molecule has 0 spiro atoms. The van der Waals surface area contributed by atoms with Crippen LogP contribution in [0.25, 0.3) is 33.4 Å². The van der Waals surface area contributed by atoms with Crippen LogP contribution in [0.3, 0.4) is 0 Å². The molecular formula is C29H33ClN6O. The van der Waals surface area contributed by atoms with Crippen LogP contribution < -0.4 is 16.6 Å². The maximum Gasteiger partial charge on any atom is 0.260 e. The number of fused-ring (bicyclic) bond motifs is 1. The van der Waals surface area contributed by atoms with E-state index in [4.69, 9.17) is 22.3 Å². The number of hydrogen-bond donors (Lipinski definition) is 2. The van der Waals surface area contributed by atoms with Crippen molar-refractivity contribution in [3.05, 3.63) is 69.7 Å². The third kappa shape index (κ3) is 5.38. The van der Waals surface area contributed by atoms with Gasteiger partial charge in [0, 0.05) is 57.6 Å². The van der Waals surface area contributed by atoms with E-state index in [1.807, 2.05) is 54.0 Å². The van der Waals surface area contributed by atoms with Crippen LogP contribution in [0.1, 0.15) is 51.3 Å². The molecule has 0 atom stereocenters. The summed E-state index contributed by atoms with van der Waals surface area (Å²) in [4.78, 5) is 28.0. The molecule has 1 aromatic carbocycles. The van der Waals surface area contributed by atoms with Crippen LogP contribution in [-0.4, -0.2) is 32.1 Å². The first-order chi connectivity index (χ1) is 17.8. The van der Waals surface area contributed by atoms with E-state index in [0.717, 1.165) is 54.6 Å². The first kappa shape index (κ1) is 25.4. The van der Waals surface area contributed by atoms with Crippen molar-refractivity contribution in [2.45, 2.75) is 58.5 Å². The molecule has 0 aliphatic heterocycles. The van der Waals surface area contributed by atoms with Crippen LogP contribution in [0.4, 0.5) is 5.95 Å². The van der Waals surface area contributed by atoms with Gasteiger partial charge in [0.15, 0.2) is 0 Å². The summed E-state index contributed by atoms with van der Waals surface area (Å²) in [6, 6.07) is 13.7. The second-order valence-corrected chi connectivity index (χ2v) is 10.8. The molecule has 0 radical (unpaired) electrons. The van der Waals surface area contributed by atoms with Crippen molar-refractivity contribution in [1.82, 2.24) is 19.5 Å². The van der Waals surface area contributed by atoms with Gasteiger partial charge in [-0.05, 0) is 62.8 Å². The van der Waals surface area contributed by atoms with Gasteiger partial charge in [-0.1, -0.05) is 43.6 Å². The van der Waals surface area contributed by atoms with Crippen molar-refractivity contribution in [3.63, 3.8) is 0 Å². The molecular weight excluding hydrogens is 484 g/mol. The van der Waals surface area contributed by atoms with Crippen molar-refractivity contribution in [3.8, 4) is 22.4 Å². The molecule has 0 unspecified atom stereocenters. The molecule has 8 heteroatoms. The summed E-state index contributed by atoms with van der Waals surface area (Å²) in [6.07, 6.45) is 5.22. The van der Waals surface area contributed by atoms with Crippen LogP contribution in [0, 0.1) is 12.8 Å². The molecule has 192 valence electrons. The number of halogens is 1. The predicted molar refractivity (Wildman–Crippen MR) is 151 cm³/mol. The number of anilines is 1. The maximum atomic E-state index is 14.1. The molecule has 37 heavy (non-hydrogen) atoms. The monoisotopic (exact) mass is 516 g/mol. The fourth-order valence-electron chi connectivity index (χ4n) is 4.99. The molecule has 4 aromatic rings. The molecule has 3 N–H and O–H groups in total. The number of aromatic nitrogens is 4. The first-order valence-electron chi connectivity index (χ1n) is 13.0. The topological polar surface area (TPSA) is 98.7 Å². The van der Waals surface area contributed by atoms with E-state index in [1.54, 1.807) is 6.20 Å². The van der Waals surface area contributed by atoms with E-state index >= 15 is 0 Å². The molecule has 1 aliphatic carbocycles. The third-order valence-corrected chi connectivity index (χ3v) is 7.30. The van der Waals surface area contributed by atoms with E-state index in [2.05, 4.69) is 29.1 Å². The lowest BCUT2D eigenvalue weighted by molar-refractivity contribution is 0.324. The highest BCUT2D eigenvalue weighted by Gasteiger charge is 2.25. The predicted octanol–water partition coefficient (Wildman–Crippen LogP) is 5.99. The normalized spacial score (nSPS) is 17.9. The highest BCUT2D eigenvalue weighted by atomic mass is 35.5. The lowest BCUT2D eigenvalue weighted by atomic mass is 9.91. The zero-order valence-electron chi connectivity index (χ0n) is 21.5. The Hall–Kier alpha value is -3.29. The zero-order chi connectivity index (χ0) is 26.1. The van der Waals surface area contributed by atoms with Gasteiger partial charge >= 0.3 is 0 Å². The van der Waals surface area contributed by atoms with Crippen LogP contribution in [0.2, 0.25) is 5.02 Å². The second-order valence-electron chi connectivity index (χ2n) is 10.4. The van der Waals surface area contributed by atoms with Crippen molar-refractivity contribution >= 4 is 28.6 Å². The quantitative estimate of drug-likeness (QED) is 0.326. The van der Waals surface area contributed by atoms with Crippen LogP contribution in [0.5, 0.6) is 0 Å². The van der Waals surface area contributed by atoms with Crippen LogP contribution in [0.15, 0.2) is 53.5 Å². The molecule has 1 saturated carbocycles. The highest BCUT2D eigenvalue weighted by Crippen LogP contribution is 2.34. The molecule has 3 heterocycles. The molecule has 1 fully saturated rings. The van der Waals surface area contributed by atoms with E-state index < -0.39 is 0 Å². The Balaban J connectivity index is 1.63. The minimum atomic E-state index is -0.0928. The summed E-state index contributed by atoms with van der Waals surface area (Å²) in [5.74, 6) is 0.978. The van der Waals surface area contributed by atoms with Gasteiger partial charge in [0.1, 0.15) is 5.65 Å². The Labute approximate surface area is 222 Å². The van der Waals surface area contributed by atoms with Crippen LogP contribution in [-0.2, 0) is 0 Å². The van der Waals surface area contributed by atoms with Gasteiger partial charge in [0.2, 0.25) is 5.95 Å². The largest absolute Gasteiger partial charge is 0.354 e. The summed E-state index contributed by atoms with van der Waals surface area (Å²) in [7, 11) is 0. The van der Waals surface area contributed by atoms with Crippen molar-refractivity contribution in [2.24, 2.45) is 11.7 Å². The summed E-state index contributed by atoms with van der Waals surface area (Å²) < 4.78 is 1.85. The third-order valence-electron chi connectivity index (χ3n) is 6.99. The summed E-state index contributed by atoms with van der Waals surface area (Å²) >= 11 is 6.80. The molecule has 3 aromatic heterocycles. The minimum absolute atomic E-state index is 0.0251. The average molecular weight is 517 g/mol. The fraction of sp³-hybridized carbons (Fsp3) is 0.379. The smallest absolute Gasteiger partial charge is 0.260 e. The maximum absolute atomic E-state index is 14.1. The molecule has 7 nitrogen and oxygen atoms in total. The zero-order valence-corrected chi connectivity index (χ0v) is 22.3. The van der Waals surface area contributed by atoms with Gasteiger partial charge in [-0.3, -0.25) is 14.3 Å². The fourth-order valence-corrected chi connectivity index (χ4v) is 5.27. The first-order valence-corrected chi connectivity index (χ1v) is 13.3. The van der Waals surface area contributed by atoms with Gasteiger partial charge in [0.05, 0.1) is 5.69 Å². The summed E-state index contributed by atoms with van der Waals surface area (Å²) in [6.45, 7) is 6.97. The number of pyridine rings is 2. The molecule has 1 aliphatic rings. The van der Waals surface area contributed by atoms with Crippen molar-refractivity contribution in [1.29, 1.82) is 0 Å². The molecule has 0 saturated heterocycles. The number of nitrogens with two attached hydrogens (primary N) is 1. The van der Waals surface area contributed by atoms with Crippen LogP contribution >= 0.6 is 11.6 Å². The number of aryl methyl sites for hydroxylation is 1. The number of rotatable bonds is 6. The van der Waals surface area contributed by atoms with E-state index in [9.17, 15) is 4.79 Å². The van der Waals surface area contributed by atoms with Gasteiger partial charge < -0.3 is 11.1 Å². The minimum Gasteiger partial charge on any atom is -0.354 e. The summed E-state index contributed by atoms with van der Waals surface area (Å²) in [5, 5.41) is 4.60. The van der Waals surface area contributed by atoms with E-state index in [1.165, 1.54) is 0 Å². The second kappa shape index (κ2) is 10.6. The molecule has 0 amide bonds. The van der Waals surface area contributed by atoms with E-state index in [-0.39, 0.29) is 17.6 Å². The number of hydrogen-bond acceptors (Lipinski definition) is 6.